The quantitative estimate of drug-likeness (QED) is 0.808. The molecule has 0 bridgehead atoms. The molecule has 28 heavy (non-hydrogen) atoms. The number of aryl methyl sites for hydroxylation is 1. The van der Waals surface area contributed by atoms with E-state index in [2.05, 4.69) is 17.1 Å². The maximum atomic E-state index is 12.9. The summed E-state index contributed by atoms with van der Waals surface area (Å²) < 4.78 is 27.3. The minimum atomic E-state index is -3.60. The summed E-state index contributed by atoms with van der Waals surface area (Å²) in [5, 5.41) is 2.84. The van der Waals surface area contributed by atoms with Crippen LogP contribution < -0.4 is 5.32 Å². The SMILES string of the molecule is CCCc1ccc(NC(=O)c2cccc(S(=O)(=O)N3CCN(C)CC3)c2)cc1. The molecule has 1 heterocycles. The zero-order chi connectivity index (χ0) is 20.1. The molecule has 1 amide bonds. The van der Waals surface area contributed by atoms with Crippen molar-refractivity contribution in [3.63, 3.8) is 0 Å². The molecule has 0 spiro atoms. The lowest BCUT2D eigenvalue weighted by Crippen LogP contribution is -2.47. The van der Waals surface area contributed by atoms with Crippen LogP contribution in [0.3, 0.4) is 0 Å². The highest BCUT2D eigenvalue weighted by Crippen LogP contribution is 2.20. The Balaban J connectivity index is 1.74. The molecule has 7 heteroatoms. The van der Waals surface area contributed by atoms with Crippen LogP contribution in [0.15, 0.2) is 53.4 Å². The van der Waals surface area contributed by atoms with E-state index < -0.39 is 10.0 Å². The Hall–Kier alpha value is -2.22. The van der Waals surface area contributed by atoms with E-state index in [-0.39, 0.29) is 10.8 Å². The number of likely N-dealkylation sites (N-methyl/N-ethyl adjacent to an activating group) is 1. The summed E-state index contributed by atoms with van der Waals surface area (Å²) in [6, 6.07) is 14.0. The van der Waals surface area contributed by atoms with Crippen LogP contribution in [0.1, 0.15) is 29.3 Å². The summed E-state index contributed by atoms with van der Waals surface area (Å²) in [6.45, 7) is 4.44. The first kappa shape index (κ1) is 20.5. The van der Waals surface area contributed by atoms with Crippen molar-refractivity contribution in [3.05, 3.63) is 59.7 Å². The summed E-state index contributed by atoms with van der Waals surface area (Å²) in [7, 11) is -1.62. The number of nitrogens with one attached hydrogen (secondary N) is 1. The number of hydrogen-bond acceptors (Lipinski definition) is 4. The Kier molecular flexibility index (Phi) is 6.49. The van der Waals surface area contributed by atoms with Crippen molar-refractivity contribution >= 4 is 21.6 Å². The summed E-state index contributed by atoms with van der Waals surface area (Å²) in [6.07, 6.45) is 2.07. The fourth-order valence-corrected chi connectivity index (χ4v) is 4.69. The van der Waals surface area contributed by atoms with E-state index in [1.54, 1.807) is 18.2 Å². The summed E-state index contributed by atoms with van der Waals surface area (Å²) in [5.74, 6) is -0.321. The van der Waals surface area contributed by atoms with Crippen molar-refractivity contribution in [2.75, 3.05) is 38.5 Å². The lowest BCUT2D eigenvalue weighted by atomic mass is 10.1. The minimum absolute atomic E-state index is 0.156. The van der Waals surface area contributed by atoms with Gasteiger partial charge in [-0.15, -0.1) is 0 Å². The first-order chi connectivity index (χ1) is 13.4. The van der Waals surface area contributed by atoms with Crippen molar-refractivity contribution in [1.29, 1.82) is 0 Å². The fourth-order valence-electron chi connectivity index (χ4n) is 3.22. The topological polar surface area (TPSA) is 69.7 Å². The van der Waals surface area contributed by atoms with Gasteiger partial charge in [0.25, 0.3) is 5.91 Å². The number of benzene rings is 2. The average Bonchev–Trinajstić information content (AvgIpc) is 2.70. The molecule has 1 fully saturated rings. The van der Waals surface area contributed by atoms with Gasteiger partial charge < -0.3 is 10.2 Å². The first-order valence-corrected chi connectivity index (χ1v) is 11.0. The molecule has 0 aliphatic carbocycles. The van der Waals surface area contributed by atoms with Gasteiger partial charge in [-0.25, -0.2) is 8.42 Å². The van der Waals surface area contributed by atoms with E-state index in [4.69, 9.17) is 0 Å². The van der Waals surface area contributed by atoms with E-state index in [0.29, 0.717) is 37.4 Å². The number of amides is 1. The first-order valence-electron chi connectivity index (χ1n) is 9.59. The maximum Gasteiger partial charge on any atom is 0.255 e. The molecule has 3 rings (SSSR count). The van der Waals surface area contributed by atoms with Crippen LogP contribution in [-0.4, -0.2) is 56.8 Å². The predicted molar refractivity (Wildman–Crippen MR) is 111 cm³/mol. The number of carbonyl (C=O) groups excluding carboxylic acids is 1. The van der Waals surface area contributed by atoms with Crippen molar-refractivity contribution < 1.29 is 13.2 Å². The van der Waals surface area contributed by atoms with Crippen LogP contribution in [0, 0.1) is 0 Å². The van der Waals surface area contributed by atoms with Gasteiger partial charge in [0.2, 0.25) is 10.0 Å². The third-order valence-corrected chi connectivity index (χ3v) is 6.84. The van der Waals surface area contributed by atoms with Gasteiger partial charge in [0, 0.05) is 37.4 Å². The molecular weight excluding hydrogens is 374 g/mol. The molecule has 0 unspecified atom stereocenters. The van der Waals surface area contributed by atoms with E-state index in [0.717, 1.165) is 12.8 Å². The molecule has 0 aromatic heterocycles. The Morgan fingerprint density at radius 3 is 2.36 bits per heavy atom. The fraction of sp³-hybridized carbons (Fsp3) is 0.381. The van der Waals surface area contributed by atoms with Crippen molar-refractivity contribution in [1.82, 2.24) is 9.21 Å². The second-order valence-corrected chi connectivity index (χ2v) is 9.07. The second-order valence-electron chi connectivity index (χ2n) is 7.14. The van der Waals surface area contributed by atoms with Gasteiger partial charge in [0.1, 0.15) is 0 Å². The van der Waals surface area contributed by atoms with E-state index in [1.807, 2.05) is 31.3 Å². The zero-order valence-corrected chi connectivity index (χ0v) is 17.2. The van der Waals surface area contributed by atoms with Gasteiger partial charge in [-0.3, -0.25) is 4.79 Å². The van der Waals surface area contributed by atoms with Gasteiger partial charge in [0.15, 0.2) is 0 Å². The molecule has 1 aliphatic heterocycles. The molecule has 0 saturated carbocycles. The lowest BCUT2D eigenvalue weighted by Gasteiger charge is -2.31. The van der Waals surface area contributed by atoms with Crippen LogP contribution >= 0.6 is 0 Å². The third-order valence-electron chi connectivity index (χ3n) is 4.95. The highest BCUT2D eigenvalue weighted by atomic mass is 32.2. The minimum Gasteiger partial charge on any atom is -0.322 e. The molecule has 2 aromatic rings. The molecule has 2 aromatic carbocycles. The Morgan fingerprint density at radius 1 is 1.04 bits per heavy atom. The molecule has 150 valence electrons. The van der Waals surface area contributed by atoms with Crippen LogP contribution in [0.5, 0.6) is 0 Å². The molecule has 0 radical (unpaired) electrons. The van der Waals surface area contributed by atoms with Crippen molar-refractivity contribution in [2.45, 2.75) is 24.7 Å². The van der Waals surface area contributed by atoms with E-state index in [9.17, 15) is 13.2 Å². The zero-order valence-electron chi connectivity index (χ0n) is 16.4. The Bertz CT molecular complexity index is 918. The van der Waals surface area contributed by atoms with Crippen LogP contribution in [0.25, 0.3) is 0 Å². The standard InChI is InChI=1S/C21H27N3O3S/c1-3-5-17-8-10-19(11-9-17)22-21(25)18-6-4-7-20(16-18)28(26,27)24-14-12-23(2)13-15-24/h4,6-11,16H,3,5,12-15H2,1-2H3,(H,22,25). The van der Waals surface area contributed by atoms with E-state index in [1.165, 1.54) is 15.9 Å². The number of anilines is 1. The molecule has 0 atom stereocenters. The number of nitrogens with zero attached hydrogens (tertiary/aromatic N) is 2. The van der Waals surface area contributed by atoms with Gasteiger partial charge in [-0.2, -0.15) is 4.31 Å². The monoisotopic (exact) mass is 401 g/mol. The number of sulfonamides is 1. The van der Waals surface area contributed by atoms with Crippen molar-refractivity contribution in [2.24, 2.45) is 0 Å². The Morgan fingerprint density at radius 2 is 1.71 bits per heavy atom. The van der Waals surface area contributed by atoms with Crippen LogP contribution in [0.2, 0.25) is 0 Å². The maximum absolute atomic E-state index is 12.9. The summed E-state index contributed by atoms with van der Waals surface area (Å²) >= 11 is 0. The lowest BCUT2D eigenvalue weighted by molar-refractivity contribution is 0.102. The summed E-state index contributed by atoms with van der Waals surface area (Å²) in [4.78, 5) is 14.9. The average molecular weight is 402 g/mol. The third kappa shape index (κ3) is 4.79. The van der Waals surface area contributed by atoms with Crippen LogP contribution in [-0.2, 0) is 16.4 Å². The number of piperazine rings is 1. The number of carbonyl (C=O) groups is 1. The largest absolute Gasteiger partial charge is 0.322 e. The van der Waals surface area contributed by atoms with Gasteiger partial charge in [-0.1, -0.05) is 31.5 Å². The van der Waals surface area contributed by atoms with Gasteiger partial charge in [0.05, 0.1) is 4.90 Å². The normalized spacial score (nSPS) is 16.1. The van der Waals surface area contributed by atoms with E-state index >= 15 is 0 Å². The van der Waals surface area contributed by atoms with Crippen molar-refractivity contribution in [3.8, 4) is 0 Å². The predicted octanol–water partition coefficient (Wildman–Crippen LogP) is 2.83. The number of hydrogen-bond donors (Lipinski definition) is 1. The molecular formula is C21H27N3O3S. The second kappa shape index (κ2) is 8.86. The Labute approximate surface area is 167 Å². The smallest absolute Gasteiger partial charge is 0.255 e. The molecule has 6 nitrogen and oxygen atoms in total. The highest BCUT2D eigenvalue weighted by Gasteiger charge is 2.27. The van der Waals surface area contributed by atoms with Crippen LogP contribution in [0.4, 0.5) is 5.69 Å². The van der Waals surface area contributed by atoms with Gasteiger partial charge >= 0.3 is 0 Å². The molecule has 1 aliphatic rings. The molecule has 1 saturated heterocycles. The highest BCUT2D eigenvalue weighted by molar-refractivity contribution is 7.89. The number of rotatable bonds is 6. The molecule has 1 N–H and O–H groups in total. The van der Waals surface area contributed by atoms with Gasteiger partial charge in [-0.05, 0) is 49.4 Å². The summed E-state index contributed by atoms with van der Waals surface area (Å²) in [5.41, 5.74) is 2.24.